The molecule has 0 amide bonds. The Hall–Kier alpha value is -0.530. The van der Waals surface area contributed by atoms with Crippen molar-refractivity contribution in [2.45, 2.75) is 52.6 Å². The third kappa shape index (κ3) is 1.49. The van der Waals surface area contributed by atoms with Crippen LogP contribution in [0, 0.1) is 23.7 Å². The fourth-order valence-corrected chi connectivity index (χ4v) is 3.63. The van der Waals surface area contributed by atoms with E-state index in [1.165, 1.54) is 6.42 Å². The zero-order valence-corrected chi connectivity index (χ0v) is 10.2. The lowest BCUT2D eigenvalue weighted by molar-refractivity contribution is -0.171. The van der Waals surface area contributed by atoms with Crippen molar-refractivity contribution in [2.75, 3.05) is 0 Å². The van der Waals surface area contributed by atoms with Crippen LogP contribution in [0.25, 0.3) is 0 Å². The molecule has 0 aromatic heterocycles. The second kappa shape index (κ2) is 3.50. The van der Waals surface area contributed by atoms with E-state index in [-0.39, 0.29) is 11.6 Å². The van der Waals surface area contributed by atoms with Crippen LogP contribution in [0.1, 0.15) is 47.0 Å². The molecule has 4 atom stereocenters. The summed E-state index contributed by atoms with van der Waals surface area (Å²) in [6, 6.07) is 0. The third-order valence-electron chi connectivity index (χ3n) is 5.02. The van der Waals surface area contributed by atoms with Gasteiger partial charge in [0.2, 0.25) is 0 Å². The lowest BCUT2D eigenvalue weighted by atomic mass is 9.60. The highest BCUT2D eigenvalue weighted by atomic mass is 16.6. The van der Waals surface area contributed by atoms with Gasteiger partial charge in [-0.05, 0) is 36.5 Å². The fourth-order valence-electron chi connectivity index (χ4n) is 3.63. The van der Waals surface area contributed by atoms with Crippen molar-refractivity contribution >= 4 is 5.97 Å². The zero-order chi connectivity index (χ0) is 11.2. The first-order chi connectivity index (χ1) is 6.97. The fraction of sp³-hybridized carbons (Fsp3) is 0.923. The molecule has 2 rings (SSSR count). The lowest BCUT2D eigenvalue weighted by Crippen LogP contribution is -2.51. The predicted octanol–water partition coefficient (Wildman–Crippen LogP) is 3.01. The van der Waals surface area contributed by atoms with Crippen molar-refractivity contribution in [1.29, 1.82) is 0 Å². The van der Waals surface area contributed by atoms with Crippen LogP contribution in [0.3, 0.4) is 0 Å². The SMILES string of the molecule is CC1CC(C)C(C)C2(CCC(=O)O2)C1C. The van der Waals surface area contributed by atoms with Gasteiger partial charge in [0.1, 0.15) is 5.60 Å². The van der Waals surface area contributed by atoms with E-state index < -0.39 is 0 Å². The Morgan fingerprint density at radius 3 is 2.07 bits per heavy atom. The molecule has 15 heavy (non-hydrogen) atoms. The van der Waals surface area contributed by atoms with Gasteiger partial charge in [-0.25, -0.2) is 0 Å². The maximum Gasteiger partial charge on any atom is 0.306 e. The minimum Gasteiger partial charge on any atom is -0.458 e. The highest BCUT2D eigenvalue weighted by Crippen LogP contribution is 2.51. The summed E-state index contributed by atoms with van der Waals surface area (Å²) in [5.74, 6) is 2.37. The van der Waals surface area contributed by atoms with Crippen LogP contribution < -0.4 is 0 Å². The Kier molecular flexibility index (Phi) is 2.56. The molecule has 0 aromatic carbocycles. The minimum atomic E-state index is -0.145. The Morgan fingerprint density at radius 1 is 1.13 bits per heavy atom. The highest BCUT2D eigenvalue weighted by molar-refractivity contribution is 5.72. The van der Waals surface area contributed by atoms with Crippen LogP contribution >= 0.6 is 0 Å². The Morgan fingerprint density at radius 2 is 1.67 bits per heavy atom. The summed E-state index contributed by atoms with van der Waals surface area (Å²) < 4.78 is 5.72. The number of esters is 1. The van der Waals surface area contributed by atoms with Crippen LogP contribution in [-0.4, -0.2) is 11.6 Å². The number of carbonyl (C=O) groups is 1. The summed E-state index contributed by atoms with van der Waals surface area (Å²) in [6.45, 7) is 9.10. The van der Waals surface area contributed by atoms with Crippen molar-refractivity contribution in [1.82, 2.24) is 0 Å². The van der Waals surface area contributed by atoms with Crippen molar-refractivity contribution in [3.63, 3.8) is 0 Å². The highest BCUT2D eigenvalue weighted by Gasteiger charge is 2.54. The van der Waals surface area contributed by atoms with E-state index in [1.807, 2.05) is 0 Å². The topological polar surface area (TPSA) is 26.3 Å². The summed E-state index contributed by atoms with van der Waals surface area (Å²) in [7, 11) is 0. The molecule has 0 radical (unpaired) electrons. The molecule has 0 aromatic rings. The molecular weight excluding hydrogens is 188 g/mol. The molecule has 1 aliphatic heterocycles. The van der Waals surface area contributed by atoms with Gasteiger partial charge < -0.3 is 4.74 Å². The average molecular weight is 210 g/mol. The standard InChI is InChI=1S/C13H22O2/c1-8-7-9(2)11(4)13(10(8)3)6-5-12(14)15-13/h8-11H,5-7H2,1-4H3. The first-order valence-corrected chi connectivity index (χ1v) is 6.19. The van der Waals surface area contributed by atoms with Gasteiger partial charge in [0, 0.05) is 6.42 Å². The number of hydrogen-bond donors (Lipinski definition) is 0. The normalized spacial score (nSPS) is 50.8. The molecule has 2 heteroatoms. The summed E-state index contributed by atoms with van der Waals surface area (Å²) in [4.78, 5) is 11.4. The monoisotopic (exact) mass is 210 g/mol. The van der Waals surface area contributed by atoms with E-state index in [2.05, 4.69) is 27.7 Å². The van der Waals surface area contributed by atoms with Crippen LogP contribution in [-0.2, 0) is 9.53 Å². The third-order valence-corrected chi connectivity index (χ3v) is 5.02. The Labute approximate surface area is 92.4 Å². The van der Waals surface area contributed by atoms with Crippen LogP contribution in [0.15, 0.2) is 0 Å². The number of hydrogen-bond acceptors (Lipinski definition) is 2. The first kappa shape index (κ1) is 11.0. The molecule has 1 aliphatic carbocycles. The van der Waals surface area contributed by atoms with E-state index in [0.717, 1.165) is 6.42 Å². The van der Waals surface area contributed by atoms with E-state index in [4.69, 9.17) is 4.74 Å². The Bertz CT molecular complexity index is 258. The molecule has 4 unspecified atom stereocenters. The summed E-state index contributed by atoms with van der Waals surface area (Å²) in [5.41, 5.74) is -0.145. The van der Waals surface area contributed by atoms with E-state index in [1.54, 1.807) is 0 Å². The van der Waals surface area contributed by atoms with Gasteiger partial charge in [0.05, 0.1) is 0 Å². The quantitative estimate of drug-likeness (QED) is 0.574. The van der Waals surface area contributed by atoms with Gasteiger partial charge in [-0.15, -0.1) is 0 Å². The van der Waals surface area contributed by atoms with Crippen molar-refractivity contribution in [2.24, 2.45) is 23.7 Å². The molecule has 2 nitrogen and oxygen atoms in total. The van der Waals surface area contributed by atoms with Crippen LogP contribution in [0.5, 0.6) is 0 Å². The molecule has 2 aliphatic rings. The molecule has 0 N–H and O–H groups in total. The van der Waals surface area contributed by atoms with Gasteiger partial charge in [0.25, 0.3) is 0 Å². The summed E-state index contributed by atoms with van der Waals surface area (Å²) >= 11 is 0. The molecule has 1 saturated carbocycles. The number of carbonyl (C=O) groups excluding carboxylic acids is 1. The van der Waals surface area contributed by atoms with Gasteiger partial charge in [-0.1, -0.05) is 27.7 Å². The van der Waals surface area contributed by atoms with Gasteiger partial charge in [-0.2, -0.15) is 0 Å². The van der Waals surface area contributed by atoms with E-state index >= 15 is 0 Å². The van der Waals surface area contributed by atoms with Crippen LogP contribution in [0.2, 0.25) is 0 Å². The molecule has 1 saturated heterocycles. The van der Waals surface area contributed by atoms with Crippen molar-refractivity contribution < 1.29 is 9.53 Å². The van der Waals surface area contributed by atoms with Gasteiger partial charge >= 0.3 is 5.97 Å². The Balaban J connectivity index is 2.29. The number of ether oxygens (including phenoxy) is 1. The molecular formula is C13H22O2. The molecule has 2 fully saturated rings. The summed E-state index contributed by atoms with van der Waals surface area (Å²) in [5, 5.41) is 0. The minimum absolute atomic E-state index is 0.00926. The van der Waals surface area contributed by atoms with Gasteiger partial charge in [0.15, 0.2) is 0 Å². The maximum absolute atomic E-state index is 11.4. The van der Waals surface area contributed by atoms with E-state index in [0.29, 0.717) is 30.1 Å². The second-order valence-corrected chi connectivity index (χ2v) is 5.70. The predicted molar refractivity (Wildman–Crippen MR) is 59.3 cm³/mol. The maximum atomic E-state index is 11.4. The van der Waals surface area contributed by atoms with Gasteiger partial charge in [-0.3, -0.25) is 4.79 Å². The molecule has 0 bridgehead atoms. The van der Waals surface area contributed by atoms with Crippen molar-refractivity contribution in [3.05, 3.63) is 0 Å². The molecule has 1 spiro atoms. The molecule has 86 valence electrons. The first-order valence-electron chi connectivity index (χ1n) is 6.19. The summed E-state index contributed by atoms with van der Waals surface area (Å²) in [6.07, 6.45) is 2.82. The smallest absolute Gasteiger partial charge is 0.306 e. The second-order valence-electron chi connectivity index (χ2n) is 5.70. The number of rotatable bonds is 0. The average Bonchev–Trinajstić information content (AvgIpc) is 2.57. The van der Waals surface area contributed by atoms with Crippen molar-refractivity contribution in [3.8, 4) is 0 Å². The van der Waals surface area contributed by atoms with E-state index in [9.17, 15) is 4.79 Å². The molecule has 1 heterocycles. The largest absolute Gasteiger partial charge is 0.458 e. The zero-order valence-electron chi connectivity index (χ0n) is 10.2. The van der Waals surface area contributed by atoms with Crippen LogP contribution in [0.4, 0.5) is 0 Å². The lowest BCUT2D eigenvalue weighted by Gasteiger charge is -2.49.